The van der Waals surface area contributed by atoms with Gasteiger partial charge in [0.1, 0.15) is 17.6 Å². The third-order valence-electron chi connectivity index (χ3n) is 5.45. The Morgan fingerprint density at radius 1 is 1.25 bits per heavy atom. The van der Waals surface area contributed by atoms with Gasteiger partial charge in [-0.15, -0.1) is 0 Å². The Bertz CT molecular complexity index is 1110. The molecule has 2 N–H and O–H groups in total. The molecule has 11 heteroatoms. The maximum absolute atomic E-state index is 13.4. The van der Waals surface area contributed by atoms with Gasteiger partial charge in [-0.3, -0.25) is 14.4 Å². The lowest BCUT2D eigenvalue weighted by Crippen LogP contribution is -2.46. The largest absolute Gasteiger partial charge is 0.408 e. The smallest absolute Gasteiger partial charge is 0.338 e. The van der Waals surface area contributed by atoms with Crippen molar-refractivity contribution < 1.29 is 31.9 Å². The van der Waals surface area contributed by atoms with Gasteiger partial charge in [-0.2, -0.15) is 13.2 Å². The van der Waals surface area contributed by atoms with Crippen LogP contribution in [0.1, 0.15) is 58.4 Å². The van der Waals surface area contributed by atoms with Gasteiger partial charge < -0.3 is 15.2 Å². The highest BCUT2D eigenvalue weighted by molar-refractivity contribution is 6.43. The van der Waals surface area contributed by atoms with Crippen molar-refractivity contribution in [3.8, 4) is 0 Å². The average molecular weight is 474 g/mol. The van der Waals surface area contributed by atoms with E-state index in [9.17, 15) is 31.9 Å². The standard InChI is InChI=1S/C21H20ClF4N3O3/c1-9-4-7-15-16(18(30)20(32)27-11(3)21(24,25)26)10(2)17(29(9)15)19(31)28-12-5-6-14(23)13(22)8-12/h5-6,8-9,11H,4,7H2,1-3H3,(H,27,32)(H,28,31)/t9-,11+/m0/s1. The molecule has 1 aliphatic heterocycles. The number of carbonyl (C=O) groups is 3. The number of carbonyl (C=O) groups excluding carboxylic acids is 3. The van der Waals surface area contributed by atoms with Gasteiger partial charge in [0.15, 0.2) is 0 Å². The number of fused-ring (bicyclic) bond motifs is 1. The molecule has 0 bridgehead atoms. The summed E-state index contributed by atoms with van der Waals surface area (Å²) in [7, 11) is 0. The first-order valence-electron chi connectivity index (χ1n) is 9.74. The number of benzene rings is 1. The summed E-state index contributed by atoms with van der Waals surface area (Å²) in [6, 6.07) is 1.22. The fourth-order valence-electron chi connectivity index (χ4n) is 3.78. The number of nitrogens with zero attached hydrogens (tertiary/aromatic N) is 1. The van der Waals surface area contributed by atoms with E-state index in [1.807, 2.05) is 6.92 Å². The minimum absolute atomic E-state index is 0.0801. The molecule has 1 aliphatic rings. The molecule has 0 saturated heterocycles. The number of Topliss-reactive ketones (excluding diaryl/α,β-unsaturated/α-hetero) is 1. The van der Waals surface area contributed by atoms with Gasteiger partial charge in [0.2, 0.25) is 0 Å². The monoisotopic (exact) mass is 473 g/mol. The van der Waals surface area contributed by atoms with E-state index in [0.717, 1.165) is 13.0 Å². The Kier molecular flexibility index (Phi) is 6.37. The van der Waals surface area contributed by atoms with Crippen molar-refractivity contribution in [2.75, 3.05) is 5.32 Å². The van der Waals surface area contributed by atoms with Crippen LogP contribution in [0.5, 0.6) is 0 Å². The number of nitrogens with one attached hydrogen (secondary N) is 2. The molecule has 0 aliphatic carbocycles. The van der Waals surface area contributed by atoms with Gasteiger partial charge in [0.25, 0.3) is 17.6 Å². The number of aromatic nitrogens is 1. The number of alkyl halides is 3. The van der Waals surface area contributed by atoms with Crippen LogP contribution in [0.15, 0.2) is 18.2 Å². The molecule has 2 heterocycles. The molecular formula is C21H20ClF4N3O3. The predicted octanol–water partition coefficient (Wildman–Crippen LogP) is 4.60. The fourth-order valence-corrected chi connectivity index (χ4v) is 3.96. The number of anilines is 1. The van der Waals surface area contributed by atoms with Gasteiger partial charge in [-0.1, -0.05) is 11.6 Å². The molecule has 0 saturated carbocycles. The van der Waals surface area contributed by atoms with Crippen LogP contribution < -0.4 is 10.6 Å². The fraction of sp³-hybridized carbons (Fsp3) is 0.381. The number of hydrogen-bond donors (Lipinski definition) is 2. The average Bonchev–Trinajstić information content (AvgIpc) is 3.19. The van der Waals surface area contributed by atoms with Crippen LogP contribution in [0.2, 0.25) is 5.02 Å². The quantitative estimate of drug-likeness (QED) is 0.378. The molecule has 2 aromatic rings. The van der Waals surface area contributed by atoms with Crippen LogP contribution in [0.4, 0.5) is 23.2 Å². The molecule has 0 radical (unpaired) electrons. The van der Waals surface area contributed by atoms with Crippen molar-refractivity contribution in [3.05, 3.63) is 51.6 Å². The molecule has 172 valence electrons. The van der Waals surface area contributed by atoms with Crippen molar-refractivity contribution in [1.29, 1.82) is 0 Å². The maximum atomic E-state index is 13.4. The van der Waals surface area contributed by atoms with Crippen LogP contribution in [-0.2, 0) is 11.2 Å². The highest BCUT2D eigenvalue weighted by Gasteiger charge is 2.40. The van der Waals surface area contributed by atoms with Crippen LogP contribution in [0.3, 0.4) is 0 Å². The van der Waals surface area contributed by atoms with E-state index < -0.39 is 35.6 Å². The third kappa shape index (κ3) is 4.36. The van der Waals surface area contributed by atoms with Gasteiger partial charge in [-0.05, 0) is 57.4 Å². The molecule has 0 spiro atoms. The summed E-state index contributed by atoms with van der Waals surface area (Å²) >= 11 is 5.74. The van der Waals surface area contributed by atoms with Crippen LogP contribution in [0.25, 0.3) is 0 Å². The van der Waals surface area contributed by atoms with Crippen molar-refractivity contribution in [3.63, 3.8) is 0 Å². The lowest BCUT2D eigenvalue weighted by molar-refractivity contribution is -0.156. The Hall–Kier alpha value is -2.88. The zero-order valence-corrected chi connectivity index (χ0v) is 18.1. The van der Waals surface area contributed by atoms with E-state index in [4.69, 9.17) is 11.6 Å². The molecule has 0 unspecified atom stereocenters. The van der Waals surface area contributed by atoms with Crippen molar-refractivity contribution in [1.82, 2.24) is 9.88 Å². The second-order valence-electron chi connectivity index (χ2n) is 7.70. The lowest BCUT2D eigenvalue weighted by atomic mass is 10.0. The van der Waals surface area contributed by atoms with Crippen molar-refractivity contribution in [2.24, 2.45) is 0 Å². The third-order valence-corrected chi connectivity index (χ3v) is 5.74. The van der Waals surface area contributed by atoms with E-state index in [-0.39, 0.29) is 33.6 Å². The normalized spacial score (nSPS) is 16.4. The highest BCUT2D eigenvalue weighted by atomic mass is 35.5. The Morgan fingerprint density at radius 3 is 2.50 bits per heavy atom. The predicted molar refractivity (Wildman–Crippen MR) is 110 cm³/mol. The summed E-state index contributed by atoms with van der Waals surface area (Å²) in [6.07, 6.45) is -3.75. The Morgan fingerprint density at radius 2 is 1.91 bits per heavy atom. The van der Waals surface area contributed by atoms with Crippen molar-refractivity contribution in [2.45, 2.75) is 51.9 Å². The number of hydrogen-bond acceptors (Lipinski definition) is 3. The summed E-state index contributed by atoms with van der Waals surface area (Å²) in [5.41, 5.74) is 0.828. The SMILES string of the molecule is Cc1c(C(=O)C(=O)N[C@H](C)C(F)(F)F)c2n(c1C(=O)Nc1ccc(F)c(Cl)c1)[C@@H](C)CC2. The van der Waals surface area contributed by atoms with Crippen LogP contribution in [0, 0.1) is 12.7 Å². The lowest BCUT2D eigenvalue weighted by Gasteiger charge is -2.16. The van der Waals surface area contributed by atoms with Gasteiger partial charge in [0, 0.05) is 17.4 Å². The molecule has 32 heavy (non-hydrogen) atoms. The summed E-state index contributed by atoms with van der Waals surface area (Å²) in [5.74, 6) is -3.82. The second-order valence-corrected chi connectivity index (χ2v) is 8.11. The minimum Gasteiger partial charge on any atom is -0.338 e. The zero-order valence-electron chi connectivity index (χ0n) is 17.4. The first kappa shape index (κ1) is 23.8. The van der Waals surface area contributed by atoms with Gasteiger partial charge in [0.05, 0.1) is 10.6 Å². The van der Waals surface area contributed by atoms with Crippen LogP contribution in [-0.4, -0.2) is 34.4 Å². The molecule has 0 fully saturated rings. The molecule has 3 rings (SSSR count). The van der Waals surface area contributed by atoms with Gasteiger partial charge >= 0.3 is 6.18 Å². The van der Waals surface area contributed by atoms with E-state index in [0.29, 0.717) is 18.5 Å². The molecular weight excluding hydrogens is 454 g/mol. The Labute approximate surface area is 185 Å². The van der Waals surface area contributed by atoms with E-state index in [1.165, 1.54) is 19.1 Å². The Balaban J connectivity index is 1.96. The molecule has 6 nitrogen and oxygen atoms in total. The molecule has 2 amide bonds. The highest BCUT2D eigenvalue weighted by Crippen LogP contribution is 2.36. The first-order chi connectivity index (χ1) is 14.8. The van der Waals surface area contributed by atoms with Crippen molar-refractivity contribution >= 4 is 34.9 Å². The van der Waals surface area contributed by atoms with E-state index >= 15 is 0 Å². The van der Waals surface area contributed by atoms with E-state index in [2.05, 4.69) is 5.32 Å². The molecule has 1 aromatic heterocycles. The topological polar surface area (TPSA) is 80.2 Å². The second kappa shape index (κ2) is 8.57. The van der Waals surface area contributed by atoms with Crippen LogP contribution >= 0.6 is 11.6 Å². The zero-order chi connectivity index (χ0) is 24.0. The summed E-state index contributed by atoms with van der Waals surface area (Å²) < 4.78 is 53.3. The summed E-state index contributed by atoms with van der Waals surface area (Å²) in [6.45, 7) is 4.01. The first-order valence-corrected chi connectivity index (χ1v) is 10.1. The molecule has 1 aromatic carbocycles. The van der Waals surface area contributed by atoms with Gasteiger partial charge in [-0.25, -0.2) is 4.39 Å². The molecule has 2 atom stereocenters. The number of halogens is 5. The summed E-state index contributed by atoms with van der Waals surface area (Å²) in [4.78, 5) is 38.1. The number of rotatable bonds is 5. The van der Waals surface area contributed by atoms with E-state index in [1.54, 1.807) is 9.88 Å². The minimum atomic E-state index is -4.70. The number of ketones is 1. The maximum Gasteiger partial charge on any atom is 0.408 e. The number of amides is 2. The summed E-state index contributed by atoms with van der Waals surface area (Å²) in [5, 5.41) is 4.05.